The van der Waals surface area contributed by atoms with Crippen LogP contribution in [0.15, 0.2) is 18.2 Å². The Morgan fingerprint density at radius 1 is 0.861 bits per heavy atom. The summed E-state index contributed by atoms with van der Waals surface area (Å²) < 4.78 is 21.5. The summed E-state index contributed by atoms with van der Waals surface area (Å²) in [5.41, 5.74) is -1.26. The molecule has 200 valence electrons. The van der Waals surface area contributed by atoms with E-state index in [0.29, 0.717) is 0 Å². The number of hydrogen-bond donors (Lipinski definition) is 1. The van der Waals surface area contributed by atoms with Gasteiger partial charge in [0.15, 0.2) is 17.7 Å². The van der Waals surface area contributed by atoms with Crippen LogP contribution >= 0.6 is 0 Å². The number of esters is 2. The van der Waals surface area contributed by atoms with Crippen LogP contribution in [0.2, 0.25) is 0 Å². The number of rotatable bonds is 8. The van der Waals surface area contributed by atoms with Crippen molar-refractivity contribution in [2.24, 2.45) is 10.8 Å². The molecule has 1 aromatic carbocycles. The van der Waals surface area contributed by atoms with E-state index in [1.807, 2.05) is 41.5 Å². The SMILES string of the molecule is CO[C@H](NC(=O)OC(C)(C)C)C(=C=O)c1ccc(OC(=O)CC(C)(C)C)c(OC(=O)CC(C)(C)C)c1. The van der Waals surface area contributed by atoms with Crippen molar-refractivity contribution >= 4 is 29.5 Å². The molecule has 1 N–H and O–H groups in total. The largest absolute Gasteiger partial charge is 0.444 e. The molecule has 0 saturated heterocycles. The van der Waals surface area contributed by atoms with Crippen LogP contribution in [0.5, 0.6) is 11.5 Å². The Balaban J connectivity index is 3.35. The lowest BCUT2D eigenvalue weighted by atomic mass is 9.92. The first-order valence-electron chi connectivity index (χ1n) is 11.7. The van der Waals surface area contributed by atoms with Crippen LogP contribution in [0.4, 0.5) is 4.79 Å². The average Bonchev–Trinajstić information content (AvgIpc) is 2.65. The lowest BCUT2D eigenvalue weighted by molar-refractivity contribution is -0.139. The molecule has 0 unspecified atom stereocenters. The van der Waals surface area contributed by atoms with E-state index in [9.17, 15) is 19.2 Å². The van der Waals surface area contributed by atoms with Crippen molar-refractivity contribution in [1.29, 1.82) is 0 Å². The summed E-state index contributed by atoms with van der Waals surface area (Å²) >= 11 is 0. The molecule has 36 heavy (non-hydrogen) atoms. The summed E-state index contributed by atoms with van der Waals surface area (Å²) in [6, 6.07) is 4.25. The number of alkyl carbamates (subject to hydrolysis) is 1. The van der Waals surface area contributed by atoms with Crippen molar-refractivity contribution in [2.45, 2.75) is 87.0 Å². The van der Waals surface area contributed by atoms with Crippen molar-refractivity contribution < 1.29 is 38.1 Å². The summed E-state index contributed by atoms with van der Waals surface area (Å²) in [6.07, 6.45) is -1.77. The average molecular weight is 506 g/mol. The molecule has 1 aromatic rings. The number of carbonyl (C=O) groups excluding carboxylic acids is 4. The molecule has 0 bridgehead atoms. The number of benzene rings is 1. The molecule has 1 rings (SSSR count). The van der Waals surface area contributed by atoms with E-state index in [1.54, 1.807) is 26.7 Å². The van der Waals surface area contributed by atoms with Gasteiger partial charge < -0.3 is 18.9 Å². The number of ether oxygens (including phenoxy) is 4. The first-order valence-corrected chi connectivity index (χ1v) is 11.7. The van der Waals surface area contributed by atoms with Gasteiger partial charge in [-0.15, -0.1) is 0 Å². The molecule has 0 aromatic heterocycles. The van der Waals surface area contributed by atoms with Gasteiger partial charge in [-0.05, 0) is 55.4 Å². The predicted molar refractivity (Wildman–Crippen MR) is 135 cm³/mol. The smallest absolute Gasteiger partial charge is 0.409 e. The van der Waals surface area contributed by atoms with Crippen LogP contribution in [0.3, 0.4) is 0 Å². The van der Waals surface area contributed by atoms with Gasteiger partial charge in [-0.3, -0.25) is 14.9 Å². The number of methoxy groups -OCH3 is 1. The topological polar surface area (TPSA) is 117 Å². The van der Waals surface area contributed by atoms with Crippen LogP contribution in [-0.2, 0) is 23.9 Å². The second-order valence-corrected chi connectivity index (χ2v) is 11.9. The molecule has 1 atom stereocenters. The third-order valence-electron chi connectivity index (χ3n) is 4.31. The van der Waals surface area contributed by atoms with Gasteiger partial charge in [0.2, 0.25) is 0 Å². The minimum absolute atomic E-state index is 0.0228. The Morgan fingerprint density at radius 3 is 1.78 bits per heavy atom. The Kier molecular flexibility index (Phi) is 10.5. The van der Waals surface area contributed by atoms with Crippen molar-refractivity contribution in [3.63, 3.8) is 0 Å². The Bertz CT molecular complexity index is 1000. The van der Waals surface area contributed by atoms with E-state index in [2.05, 4.69) is 5.32 Å². The number of hydrogen-bond acceptors (Lipinski definition) is 8. The molecule has 0 aliphatic rings. The van der Waals surface area contributed by atoms with E-state index in [1.165, 1.54) is 25.3 Å². The molecule has 0 heterocycles. The highest BCUT2D eigenvalue weighted by atomic mass is 16.6. The maximum atomic E-state index is 12.6. The third kappa shape index (κ3) is 11.5. The molecule has 0 fully saturated rings. The Morgan fingerprint density at radius 2 is 1.36 bits per heavy atom. The second kappa shape index (κ2) is 12.2. The van der Waals surface area contributed by atoms with Crippen LogP contribution in [0.1, 0.15) is 80.7 Å². The van der Waals surface area contributed by atoms with E-state index >= 15 is 0 Å². The van der Waals surface area contributed by atoms with Crippen molar-refractivity contribution in [1.82, 2.24) is 5.32 Å². The summed E-state index contributed by atoms with van der Waals surface area (Å²) in [6.45, 7) is 16.4. The standard InChI is InChI=1S/C27H39NO8/c1-25(2,3)14-21(30)34-19-12-11-17(13-20(19)35-22(31)15-26(4,5)6)18(16-29)23(33-10)28-24(32)36-27(7,8)9/h11-13,23H,14-15H2,1-10H3,(H,28,32)/t23-/m0/s1. The van der Waals surface area contributed by atoms with Crippen LogP contribution < -0.4 is 14.8 Å². The number of carbonyl (C=O) groups is 3. The number of amides is 1. The highest BCUT2D eigenvalue weighted by molar-refractivity contribution is 5.92. The molecule has 0 aliphatic carbocycles. The fourth-order valence-corrected chi connectivity index (χ4v) is 2.95. The van der Waals surface area contributed by atoms with Gasteiger partial charge in [-0.1, -0.05) is 41.5 Å². The monoisotopic (exact) mass is 505 g/mol. The normalized spacial score (nSPS) is 12.7. The minimum atomic E-state index is -1.20. The van der Waals surface area contributed by atoms with E-state index in [0.717, 1.165) is 0 Å². The van der Waals surface area contributed by atoms with Gasteiger partial charge in [0, 0.05) is 7.11 Å². The van der Waals surface area contributed by atoms with Crippen molar-refractivity contribution in [3.05, 3.63) is 23.8 Å². The fourth-order valence-electron chi connectivity index (χ4n) is 2.95. The third-order valence-corrected chi connectivity index (χ3v) is 4.31. The molecule has 1 amide bonds. The minimum Gasteiger partial charge on any atom is -0.444 e. The molecule has 0 radical (unpaired) electrons. The van der Waals surface area contributed by atoms with Gasteiger partial charge >= 0.3 is 18.0 Å². The zero-order chi connectivity index (χ0) is 27.9. The van der Waals surface area contributed by atoms with E-state index < -0.39 is 29.9 Å². The molecule has 9 heteroatoms. The quantitative estimate of drug-likeness (QED) is 0.225. The highest BCUT2D eigenvalue weighted by Gasteiger charge is 2.26. The lowest BCUT2D eigenvalue weighted by Crippen LogP contribution is -2.40. The van der Waals surface area contributed by atoms with Crippen molar-refractivity contribution in [3.8, 4) is 11.5 Å². The summed E-state index contributed by atoms with van der Waals surface area (Å²) in [5.74, 6) is 0.696. The predicted octanol–water partition coefficient (Wildman–Crippen LogP) is 5.08. The Hall–Kier alpha value is -3.16. The first-order chi connectivity index (χ1) is 16.3. The first kappa shape index (κ1) is 30.9. The van der Waals surface area contributed by atoms with Gasteiger partial charge in [0.1, 0.15) is 11.5 Å². The molecule has 9 nitrogen and oxygen atoms in total. The van der Waals surface area contributed by atoms with E-state index in [4.69, 9.17) is 18.9 Å². The fraction of sp³-hybridized carbons (Fsp3) is 0.593. The molecule has 0 aliphatic heterocycles. The van der Waals surface area contributed by atoms with Crippen LogP contribution in [-0.4, -0.2) is 42.9 Å². The van der Waals surface area contributed by atoms with Gasteiger partial charge in [-0.25, -0.2) is 9.59 Å². The summed E-state index contributed by atoms with van der Waals surface area (Å²) in [7, 11) is 1.30. The van der Waals surface area contributed by atoms with Gasteiger partial charge in [0.05, 0.1) is 18.4 Å². The molecular formula is C27H39NO8. The van der Waals surface area contributed by atoms with Gasteiger partial charge in [0.25, 0.3) is 0 Å². The number of nitrogens with one attached hydrogen (secondary N) is 1. The summed E-state index contributed by atoms with van der Waals surface area (Å²) in [5, 5.41) is 2.46. The molecule has 0 saturated carbocycles. The van der Waals surface area contributed by atoms with Gasteiger partial charge in [-0.2, -0.15) is 0 Å². The molecular weight excluding hydrogens is 466 g/mol. The second-order valence-electron chi connectivity index (χ2n) is 11.9. The highest BCUT2D eigenvalue weighted by Crippen LogP contribution is 2.34. The maximum Gasteiger partial charge on any atom is 0.409 e. The van der Waals surface area contributed by atoms with E-state index in [-0.39, 0.29) is 46.3 Å². The zero-order valence-corrected chi connectivity index (χ0v) is 23.0. The van der Waals surface area contributed by atoms with Crippen LogP contribution in [0, 0.1) is 10.8 Å². The zero-order valence-electron chi connectivity index (χ0n) is 23.0. The molecule has 0 spiro atoms. The van der Waals surface area contributed by atoms with Crippen LogP contribution in [0.25, 0.3) is 5.57 Å². The lowest BCUT2D eigenvalue weighted by Gasteiger charge is -2.23. The Labute approximate surface area is 213 Å². The maximum absolute atomic E-state index is 12.6. The summed E-state index contributed by atoms with van der Waals surface area (Å²) in [4.78, 5) is 49.1. The van der Waals surface area contributed by atoms with Crippen molar-refractivity contribution in [2.75, 3.05) is 7.11 Å².